The predicted octanol–water partition coefficient (Wildman–Crippen LogP) is 2.45. The fraction of sp³-hybridized carbons (Fsp3) is 0.667. The first kappa shape index (κ1) is 24.2. The van der Waals surface area contributed by atoms with E-state index < -0.39 is 0 Å². The fourth-order valence-electron chi connectivity index (χ4n) is 5.67. The topological polar surface area (TPSA) is 114 Å². The molecule has 3 aliphatic rings. The molecule has 188 valence electrons. The fourth-order valence-corrected chi connectivity index (χ4v) is 6.35. The van der Waals surface area contributed by atoms with Crippen LogP contribution in [-0.4, -0.2) is 88.3 Å². The highest BCUT2D eigenvalue weighted by atomic mass is 32.1. The van der Waals surface area contributed by atoms with Gasteiger partial charge in [-0.3, -0.25) is 9.80 Å². The molecule has 10 nitrogen and oxygen atoms in total. The normalized spacial score (nSPS) is 25.0. The van der Waals surface area contributed by atoms with Gasteiger partial charge in [0.15, 0.2) is 5.13 Å². The van der Waals surface area contributed by atoms with Gasteiger partial charge in [-0.15, -0.1) is 0 Å². The third-order valence-corrected chi connectivity index (χ3v) is 8.52. The zero-order valence-electron chi connectivity index (χ0n) is 20.4. The Bertz CT molecular complexity index is 1040. The Kier molecular flexibility index (Phi) is 7.34. The van der Waals surface area contributed by atoms with Crippen LogP contribution in [0.4, 0.5) is 16.9 Å². The Hall–Kier alpha value is -2.52. The van der Waals surface area contributed by atoms with Crippen molar-refractivity contribution in [2.45, 2.75) is 56.8 Å². The van der Waals surface area contributed by atoms with Crippen molar-refractivity contribution in [3.63, 3.8) is 0 Å². The van der Waals surface area contributed by atoms with Crippen molar-refractivity contribution in [1.82, 2.24) is 24.8 Å². The van der Waals surface area contributed by atoms with Crippen molar-refractivity contribution in [1.29, 1.82) is 5.26 Å². The molecule has 11 heteroatoms. The number of anilines is 3. The van der Waals surface area contributed by atoms with Gasteiger partial charge in [-0.2, -0.15) is 15.2 Å². The van der Waals surface area contributed by atoms with Gasteiger partial charge in [-0.1, -0.05) is 17.8 Å². The highest BCUT2D eigenvalue weighted by molar-refractivity contribution is 7.15. The highest BCUT2D eigenvalue weighted by Gasteiger charge is 2.40. The number of hydrogen-bond acceptors (Lipinski definition) is 11. The molecular weight excluding hydrogens is 464 g/mol. The van der Waals surface area contributed by atoms with Crippen molar-refractivity contribution < 1.29 is 9.84 Å². The standard InChI is InChI=1S/C24H34N8O2S/c1-30(23-27-21(10-22(29-23)34-2)28-24-26-12-20(15-33)35-24)19-8-17-4-3-5-18(9-19)32(17)7-6-31-13-16(11-25)14-31/h10,12,16-19,33H,3-9,13-15H2,1-2H3,(H,26,27,28,29)/t17-,18+,19-. The first-order valence-corrected chi connectivity index (χ1v) is 13.2. The second-order valence-electron chi connectivity index (χ2n) is 9.81. The van der Waals surface area contributed by atoms with Crippen LogP contribution in [0.5, 0.6) is 5.88 Å². The summed E-state index contributed by atoms with van der Waals surface area (Å²) < 4.78 is 5.47. The van der Waals surface area contributed by atoms with Crippen LogP contribution in [0.3, 0.4) is 0 Å². The number of likely N-dealkylation sites (tertiary alicyclic amines) is 1. The summed E-state index contributed by atoms with van der Waals surface area (Å²) in [6.45, 7) is 3.99. The Morgan fingerprint density at radius 1 is 1.26 bits per heavy atom. The number of aliphatic hydroxyl groups excluding tert-OH is 1. The van der Waals surface area contributed by atoms with Crippen molar-refractivity contribution in [3.05, 3.63) is 17.1 Å². The number of nitriles is 1. The molecule has 35 heavy (non-hydrogen) atoms. The number of thiazole rings is 1. The molecule has 3 atom stereocenters. The number of rotatable bonds is 9. The first-order valence-electron chi connectivity index (χ1n) is 12.4. The van der Waals surface area contributed by atoms with E-state index in [-0.39, 0.29) is 12.5 Å². The number of fused-ring (bicyclic) bond motifs is 2. The van der Waals surface area contributed by atoms with Crippen LogP contribution in [0.1, 0.15) is 37.0 Å². The summed E-state index contributed by atoms with van der Waals surface area (Å²) in [5.74, 6) is 2.00. The second-order valence-corrected chi connectivity index (χ2v) is 10.9. The molecule has 3 saturated heterocycles. The van der Waals surface area contributed by atoms with E-state index in [0.29, 0.717) is 40.9 Å². The van der Waals surface area contributed by atoms with Gasteiger partial charge in [0.2, 0.25) is 11.8 Å². The van der Waals surface area contributed by atoms with Gasteiger partial charge in [0.25, 0.3) is 0 Å². The van der Waals surface area contributed by atoms with Gasteiger partial charge < -0.3 is 20.1 Å². The van der Waals surface area contributed by atoms with E-state index in [1.54, 1.807) is 19.4 Å². The lowest BCUT2D eigenvalue weighted by molar-refractivity contribution is 0.0127. The van der Waals surface area contributed by atoms with E-state index in [9.17, 15) is 5.11 Å². The molecule has 2 bridgehead atoms. The number of piperidine rings is 2. The minimum Gasteiger partial charge on any atom is -0.481 e. The van der Waals surface area contributed by atoms with Gasteiger partial charge >= 0.3 is 0 Å². The number of methoxy groups -OCH3 is 1. The summed E-state index contributed by atoms with van der Waals surface area (Å²) in [7, 11) is 3.70. The Morgan fingerprint density at radius 2 is 2.03 bits per heavy atom. The first-order chi connectivity index (χ1) is 17.1. The second kappa shape index (κ2) is 10.6. The van der Waals surface area contributed by atoms with Crippen LogP contribution in [0.2, 0.25) is 0 Å². The molecule has 3 aliphatic heterocycles. The van der Waals surface area contributed by atoms with Gasteiger partial charge in [0, 0.05) is 63.6 Å². The van der Waals surface area contributed by atoms with Crippen LogP contribution in [-0.2, 0) is 6.61 Å². The number of nitrogens with zero attached hydrogens (tertiary/aromatic N) is 7. The van der Waals surface area contributed by atoms with Gasteiger partial charge in [0.1, 0.15) is 5.82 Å². The van der Waals surface area contributed by atoms with E-state index in [1.165, 1.54) is 30.6 Å². The SMILES string of the molecule is COc1cc(Nc2ncc(CO)s2)nc(N(C)[C@@H]2C[C@H]3CCC[C@@H](C2)N3CCN2CC(C#N)C2)n1. The molecule has 0 radical (unpaired) electrons. The number of nitrogens with one attached hydrogen (secondary N) is 1. The molecule has 0 aromatic carbocycles. The quantitative estimate of drug-likeness (QED) is 0.534. The molecule has 2 aromatic rings. The smallest absolute Gasteiger partial charge is 0.230 e. The summed E-state index contributed by atoms with van der Waals surface area (Å²) in [6, 6.07) is 5.67. The van der Waals surface area contributed by atoms with Crippen LogP contribution in [0.15, 0.2) is 12.3 Å². The summed E-state index contributed by atoms with van der Waals surface area (Å²) in [6.07, 6.45) is 7.65. The minimum atomic E-state index is -0.0279. The number of aromatic nitrogens is 3. The maximum atomic E-state index is 9.32. The molecule has 5 heterocycles. The van der Waals surface area contributed by atoms with Crippen molar-refractivity contribution in [2.24, 2.45) is 5.92 Å². The van der Waals surface area contributed by atoms with Crippen molar-refractivity contribution >= 4 is 28.2 Å². The van der Waals surface area contributed by atoms with E-state index in [4.69, 9.17) is 15.0 Å². The largest absolute Gasteiger partial charge is 0.481 e. The molecule has 0 aliphatic carbocycles. The zero-order chi connectivity index (χ0) is 24.4. The van der Waals surface area contributed by atoms with Crippen molar-refractivity contribution in [2.75, 3.05) is 50.6 Å². The lowest BCUT2D eigenvalue weighted by atomic mass is 9.81. The number of hydrogen-bond donors (Lipinski definition) is 2. The molecule has 5 rings (SSSR count). The highest BCUT2D eigenvalue weighted by Crippen LogP contribution is 2.37. The third-order valence-electron chi connectivity index (χ3n) is 7.62. The maximum Gasteiger partial charge on any atom is 0.230 e. The lowest BCUT2D eigenvalue weighted by Gasteiger charge is -2.51. The summed E-state index contributed by atoms with van der Waals surface area (Å²) in [4.78, 5) is 21.9. The number of aliphatic hydroxyl groups is 1. The van der Waals surface area contributed by atoms with E-state index in [1.807, 2.05) is 0 Å². The van der Waals surface area contributed by atoms with Crippen molar-refractivity contribution in [3.8, 4) is 11.9 Å². The zero-order valence-corrected chi connectivity index (χ0v) is 21.2. The van der Waals surface area contributed by atoms with Crippen LogP contribution < -0.4 is 15.0 Å². The minimum absolute atomic E-state index is 0.0279. The van der Waals surface area contributed by atoms with Gasteiger partial charge in [-0.05, 0) is 25.7 Å². The average molecular weight is 499 g/mol. The van der Waals surface area contributed by atoms with Crippen LogP contribution >= 0.6 is 11.3 Å². The third kappa shape index (κ3) is 5.35. The average Bonchev–Trinajstić information content (AvgIpc) is 3.29. The van der Waals surface area contributed by atoms with E-state index in [2.05, 4.69) is 43.1 Å². The molecule has 3 fully saturated rings. The molecule has 2 N–H and O–H groups in total. The monoisotopic (exact) mass is 498 g/mol. The Morgan fingerprint density at radius 3 is 2.69 bits per heavy atom. The predicted molar refractivity (Wildman–Crippen MR) is 135 cm³/mol. The van der Waals surface area contributed by atoms with E-state index >= 15 is 0 Å². The van der Waals surface area contributed by atoms with Crippen LogP contribution in [0, 0.1) is 17.2 Å². The molecule has 0 saturated carbocycles. The maximum absolute atomic E-state index is 9.32. The molecule has 2 aromatic heterocycles. The summed E-state index contributed by atoms with van der Waals surface area (Å²) in [5.41, 5.74) is 0. The van der Waals surface area contributed by atoms with Crippen LogP contribution in [0.25, 0.3) is 0 Å². The Balaban J connectivity index is 1.25. The van der Waals surface area contributed by atoms with E-state index in [0.717, 1.165) is 43.9 Å². The summed E-state index contributed by atoms with van der Waals surface area (Å²) >= 11 is 1.40. The summed E-state index contributed by atoms with van der Waals surface area (Å²) in [5, 5.41) is 22.3. The molecule has 0 spiro atoms. The number of ether oxygens (including phenoxy) is 1. The van der Waals surface area contributed by atoms with Gasteiger partial charge in [-0.25, -0.2) is 4.98 Å². The van der Waals surface area contributed by atoms with Gasteiger partial charge in [0.05, 0.1) is 30.6 Å². The molecule has 0 unspecified atom stereocenters. The lowest BCUT2D eigenvalue weighted by Crippen LogP contribution is -2.59. The molecule has 0 amide bonds. The Labute approximate surface area is 210 Å². The molecular formula is C24H34N8O2S.